The Kier molecular flexibility index (Phi) is 3.86. The molecule has 1 N–H and O–H groups in total. The number of carbonyl (C=O) groups is 1. The van der Waals surface area contributed by atoms with Gasteiger partial charge in [0.2, 0.25) is 5.88 Å². The second-order valence-electron chi connectivity index (χ2n) is 4.49. The van der Waals surface area contributed by atoms with Crippen molar-refractivity contribution in [1.29, 1.82) is 0 Å². The van der Waals surface area contributed by atoms with Crippen LogP contribution in [0.4, 0.5) is 0 Å². The van der Waals surface area contributed by atoms with Gasteiger partial charge < -0.3 is 14.6 Å². The molecule has 2 rings (SSSR count). The van der Waals surface area contributed by atoms with Crippen molar-refractivity contribution in [3.8, 4) is 5.88 Å². The number of carboxylic acids is 1. The normalized spacial score (nSPS) is 19.8. The summed E-state index contributed by atoms with van der Waals surface area (Å²) in [6, 6.07) is 0. The highest BCUT2D eigenvalue weighted by atomic mass is 16.5. The number of carboxylic acid groups (broad SMARTS) is 1. The van der Waals surface area contributed by atoms with Crippen LogP contribution in [0.25, 0.3) is 0 Å². The van der Waals surface area contributed by atoms with Crippen LogP contribution in [0.5, 0.6) is 5.88 Å². The molecule has 1 atom stereocenters. The monoisotopic (exact) mass is 254 g/mol. The molecular weight excluding hydrogens is 236 g/mol. The highest BCUT2D eigenvalue weighted by molar-refractivity contribution is 5.91. The summed E-state index contributed by atoms with van der Waals surface area (Å²) in [7, 11) is 1.68. The molecule has 18 heavy (non-hydrogen) atoms. The highest BCUT2D eigenvalue weighted by Gasteiger charge is 2.23. The first-order valence-corrected chi connectivity index (χ1v) is 6.11. The van der Waals surface area contributed by atoms with E-state index in [0.717, 1.165) is 25.9 Å². The van der Waals surface area contributed by atoms with Gasteiger partial charge >= 0.3 is 5.97 Å². The zero-order valence-electron chi connectivity index (χ0n) is 10.7. The Morgan fingerprint density at radius 2 is 2.39 bits per heavy atom. The molecule has 0 radical (unpaired) electrons. The highest BCUT2D eigenvalue weighted by Crippen LogP contribution is 2.22. The number of ether oxygens (including phenoxy) is 2. The van der Waals surface area contributed by atoms with E-state index in [0.29, 0.717) is 18.2 Å². The van der Waals surface area contributed by atoms with Crippen LogP contribution in [0.1, 0.15) is 35.3 Å². The first kappa shape index (κ1) is 12.9. The van der Waals surface area contributed by atoms with Crippen molar-refractivity contribution in [3.63, 3.8) is 0 Å². The van der Waals surface area contributed by atoms with Crippen LogP contribution in [0.2, 0.25) is 0 Å². The fourth-order valence-corrected chi connectivity index (χ4v) is 2.16. The van der Waals surface area contributed by atoms with Crippen LogP contribution in [-0.2, 0) is 11.8 Å². The maximum Gasteiger partial charge on any atom is 0.343 e. The summed E-state index contributed by atoms with van der Waals surface area (Å²) >= 11 is 0. The van der Waals surface area contributed by atoms with Crippen LogP contribution < -0.4 is 4.74 Å². The lowest BCUT2D eigenvalue weighted by Gasteiger charge is -2.22. The molecule has 1 fully saturated rings. The summed E-state index contributed by atoms with van der Waals surface area (Å²) < 4.78 is 12.6. The van der Waals surface area contributed by atoms with E-state index in [9.17, 15) is 4.79 Å². The number of hydrogen-bond acceptors (Lipinski definition) is 4. The van der Waals surface area contributed by atoms with E-state index >= 15 is 0 Å². The van der Waals surface area contributed by atoms with Crippen LogP contribution in [0, 0.1) is 6.92 Å². The number of rotatable bonds is 4. The summed E-state index contributed by atoms with van der Waals surface area (Å²) in [5.41, 5.74) is 0.595. The van der Waals surface area contributed by atoms with Gasteiger partial charge in [-0.2, -0.15) is 5.10 Å². The lowest BCUT2D eigenvalue weighted by Crippen LogP contribution is -2.26. The molecule has 0 aliphatic carbocycles. The zero-order chi connectivity index (χ0) is 13.1. The average molecular weight is 254 g/mol. The van der Waals surface area contributed by atoms with Crippen molar-refractivity contribution in [2.45, 2.75) is 32.3 Å². The average Bonchev–Trinajstić information content (AvgIpc) is 2.62. The molecule has 0 unspecified atom stereocenters. The molecular formula is C12H18N2O4. The van der Waals surface area contributed by atoms with E-state index in [1.54, 1.807) is 14.0 Å². The Balaban J connectivity index is 2.06. The van der Waals surface area contributed by atoms with Crippen molar-refractivity contribution in [2.75, 3.05) is 13.2 Å². The van der Waals surface area contributed by atoms with E-state index in [1.165, 1.54) is 4.68 Å². The second kappa shape index (κ2) is 5.39. The van der Waals surface area contributed by atoms with E-state index in [-0.39, 0.29) is 11.7 Å². The van der Waals surface area contributed by atoms with Crippen molar-refractivity contribution < 1.29 is 19.4 Å². The molecule has 1 aliphatic rings. The smallest absolute Gasteiger partial charge is 0.343 e. The Hall–Kier alpha value is -1.56. The van der Waals surface area contributed by atoms with Gasteiger partial charge in [-0.05, 0) is 26.2 Å². The molecule has 0 amide bonds. The third kappa shape index (κ3) is 2.64. The fourth-order valence-electron chi connectivity index (χ4n) is 2.16. The van der Waals surface area contributed by atoms with Gasteiger partial charge in [0, 0.05) is 13.7 Å². The summed E-state index contributed by atoms with van der Waals surface area (Å²) in [6.45, 7) is 2.79. The number of aryl methyl sites for hydroxylation is 2. The Bertz CT molecular complexity index is 436. The predicted molar refractivity (Wildman–Crippen MR) is 64.0 cm³/mol. The minimum absolute atomic E-state index is 0.0515. The summed E-state index contributed by atoms with van der Waals surface area (Å²) in [4.78, 5) is 11.1. The van der Waals surface area contributed by atoms with E-state index in [2.05, 4.69) is 5.10 Å². The van der Waals surface area contributed by atoms with Gasteiger partial charge in [-0.3, -0.25) is 0 Å². The largest absolute Gasteiger partial charge is 0.477 e. The van der Waals surface area contributed by atoms with Crippen LogP contribution in [0.3, 0.4) is 0 Å². The molecule has 0 bridgehead atoms. The predicted octanol–water partition coefficient (Wildman–Crippen LogP) is 1.37. The van der Waals surface area contributed by atoms with Gasteiger partial charge in [-0.15, -0.1) is 0 Å². The second-order valence-corrected chi connectivity index (χ2v) is 4.49. The van der Waals surface area contributed by atoms with Gasteiger partial charge in [0.05, 0.1) is 11.8 Å². The Morgan fingerprint density at radius 3 is 3.00 bits per heavy atom. The van der Waals surface area contributed by atoms with Gasteiger partial charge in [0.15, 0.2) is 0 Å². The molecule has 6 nitrogen and oxygen atoms in total. The quantitative estimate of drug-likeness (QED) is 0.878. The molecule has 0 aromatic carbocycles. The van der Waals surface area contributed by atoms with Crippen molar-refractivity contribution in [1.82, 2.24) is 9.78 Å². The third-order valence-electron chi connectivity index (χ3n) is 3.06. The topological polar surface area (TPSA) is 73.6 Å². The van der Waals surface area contributed by atoms with E-state index in [1.807, 2.05) is 0 Å². The molecule has 1 saturated heterocycles. The summed E-state index contributed by atoms with van der Waals surface area (Å²) in [5.74, 6) is -0.714. The minimum atomic E-state index is -1.01. The number of nitrogens with zero attached hydrogens (tertiary/aromatic N) is 2. The number of hydrogen-bond donors (Lipinski definition) is 1. The fraction of sp³-hybridized carbons (Fsp3) is 0.667. The molecule has 0 saturated carbocycles. The third-order valence-corrected chi connectivity index (χ3v) is 3.06. The molecule has 0 spiro atoms. The van der Waals surface area contributed by atoms with Crippen LogP contribution in [0.15, 0.2) is 0 Å². The molecule has 100 valence electrons. The van der Waals surface area contributed by atoms with Crippen LogP contribution in [-0.4, -0.2) is 40.2 Å². The van der Waals surface area contributed by atoms with Gasteiger partial charge in [-0.25, -0.2) is 9.48 Å². The van der Waals surface area contributed by atoms with E-state index in [4.69, 9.17) is 14.6 Å². The van der Waals surface area contributed by atoms with Gasteiger partial charge in [0.1, 0.15) is 12.2 Å². The Morgan fingerprint density at radius 1 is 1.61 bits per heavy atom. The SMILES string of the molecule is Cc1nn(C)c(OC[C@H]2CCCCO2)c1C(=O)O. The molecule has 1 aliphatic heterocycles. The molecule has 6 heteroatoms. The minimum Gasteiger partial charge on any atom is -0.477 e. The van der Waals surface area contributed by atoms with Crippen molar-refractivity contribution in [3.05, 3.63) is 11.3 Å². The summed E-state index contributed by atoms with van der Waals surface area (Å²) in [6.07, 6.45) is 3.22. The first-order chi connectivity index (χ1) is 8.59. The number of aromatic carboxylic acids is 1. The molecule has 1 aromatic rings. The van der Waals surface area contributed by atoms with Crippen molar-refractivity contribution in [2.24, 2.45) is 7.05 Å². The lowest BCUT2D eigenvalue weighted by molar-refractivity contribution is -0.0129. The number of aromatic nitrogens is 2. The van der Waals surface area contributed by atoms with Crippen LogP contribution >= 0.6 is 0 Å². The van der Waals surface area contributed by atoms with Gasteiger partial charge in [0.25, 0.3) is 0 Å². The van der Waals surface area contributed by atoms with Gasteiger partial charge in [-0.1, -0.05) is 0 Å². The first-order valence-electron chi connectivity index (χ1n) is 6.11. The van der Waals surface area contributed by atoms with Crippen molar-refractivity contribution >= 4 is 5.97 Å². The maximum absolute atomic E-state index is 11.1. The lowest BCUT2D eigenvalue weighted by atomic mass is 10.1. The molecule has 2 heterocycles. The summed E-state index contributed by atoms with van der Waals surface area (Å²) in [5, 5.41) is 13.2. The van der Waals surface area contributed by atoms with E-state index < -0.39 is 5.97 Å². The molecule has 1 aromatic heterocycles. The zero-order valence-corrected chi connectivity index (χ0v) is 10.7. The standard InChI is InChI=1S/C12H18N2O4/c1-8-10(12(15)16)11(14(2)13-8)18-7-9-5-3-4-6-17-9/h9H,3-7H2,1-2H3,(H,15,16)/t9-/m1/s1. The Labute approximate surface area is 106 Å². The maximum atomic E-state index is 11.1.